The van der Waals surface area contributed by atoms with Gasteiger partial charge in [-0.2, -0.15) is 0 Å². The summed E-state index contributed by atoms with van der Waals surface area (Å²) < 4.78 is 26.1. The van der Waals surface area contributed by atoms with Crippen molar-refractivity contribution in [1.82, 2.24) is 5.32 Å². The number of rotatable bonds is 2. The zero-order chi connectivity index (χ0) is 11.2. The van der Waals surface area contributed by atoms with Gasteiger partial charge < -0.3 is 5.32 Å². The van der Waals surface area contributed by atoms with Crippen LogP contribution in [0.5, 0.6) is 0 Å². The summed E-state index contributed by atoms with van der Waals surface area (Å²) in [6.45, 7) is 1.76. The zero-order valence-electron chi connectivity index (χ0n) is 9.30. The molecule has 2 heterocycles. The first kappa shape index (κ1) is 12.7. The number of anilines is 1. The molecule has 1 aromatic carbocycles. The summed E-state index contributed by atoms with van der Waals surface area (Å²) in [7, 11) is -3.14. The van der Waals surface area contributed by atoms with Crippen molar-refractivity contribution in [2.75, 3.05) is 23.9 Å². The molecule has 0 spiro atoms. The molecule has 0 saturated carbocycles. The zero-order valence-corrected chi connectivity index (χ0v) is 10.9. The Balaban J connectivity index is 0.00000108. The number of nitrogens with one attached hydrogen (secondary N) is 1. The molecular weight excluding hydrogens is 260 g/mol. The van der Waals surface area contributed by atoms with E-state index in [0.717, 1.165) is 17.7 Å². The molecule has 0 unspecified atom stereocenters. The minimum atomic E-state index is -3.14. The van der Waals surface area contributed by atoms with Gasteiger partial charge in [-0.15, -0.1) is 12.4 Å². The molecule has 0 bridgehead atoms. The van der Waals surface area contributed by atoms with Crippen molar-refractivity contribution in [3.8, 4) is 0 Å². The van der Waals surface area contributed by atoms with Crippen molar-refractivity contribution in [2.24, 2.45) is 0 Å². The molecule has 3 rings (SSSR count). The van der Waals surface area contributed by atoms with Gasteiger partial charge in [0.25, 0.3) is 0 Å². The van der Waals surface area contributed by atoms with Gasteiger partial charge in [-0.25, -0.2) is 8.42 Å². The van der Waals surface area contributed by atoms with E-state index in [9.17, 15) is 8.42 Å². The third-order valence-corrected chi connectivity index (χ3v) is 5.49. The molecule has 1 fully saturated rings. The molecule has 6 heteroatoms. The van der Waals surface area contributed by atoms with E-state index in [0.29, 0.717) is 19.6 Å². The van der Waals surface area contributed by atoms with Crippen LogP contribution in [0.1, 0.15) is 5.56 Å². The molecule has 4 nitrogen and oxygen atoms in total. The van der Waals surface area contributed by atoms with Gasteiger partial charge in [0.2, 0.25) is 10.0 Å². The molecule has 2 aliphatic heterocycles. The maximum absolute atomic E-state index is 12.3. The SMILES string of the molecule is Cl.O=S(=O)(C1CNC1)N1CCc2ccccc21. The first-order valence-corrected chi connectivity index (χ1v) is 7.00. The Morgan fingerprint density at radius 2 is 1.94 bits per heavy atom. The van der Waals surface area contributed by atoms with Gasteiger partial charge in [-0.3, -0.25) is 4.31 Å². The van der Waals surface area contributed by atoms with Gasteiger partial charge in [0, 0.05) is 19.6 Å². The Hall–Kier alpha value is -0.780. The van der Waals surface area contributed by atoms with Crippen LogP contribution in [0.15, 0.2) is 24.3 Å². The molecule has 94 valence electrons. The molecule has 2 aliphatic rings. The van der Waals surface area contributed by atoms with Crippen LogP contribution in [0.3, 0.4) is 0 Å². The molecule has 0 aromatic heterocycles. The molecule has 1 saturated heterocycles. The fraction of sp³-hybridized carbons (Fsp3) is 0.455. The van der Waals surface area contributed by atoms with Crippen molar-refractivity contribution < 1.29 is 8.42 Å². The molecule has 0 aliphatic carbocycles. The first-order valence-electron chi connectivity index (χ1n) is 5.50. The van der Waals surface area contributed by atoms with E-state index in [2.05, 4.69) is 5.32 Å². The second kappa shape index (κ2) is 4.48. The van der Waals surface area contributed by atoms with Gasteiger partial charge in [-0.05, 0) is 18.1 Å². The monoisotopic (exact) mass is 274 g/mol. The van der Waals surface area contributed by atoms with Crippen LogP contribution in [0, 0.1) is 0 Å². The Kier molecular flexibility index (Phi) is 3.34. The number of hydrogen-bond acceptors (Lipinski definition) is 3. The Labute approximate surface area is 107 Å². The number of para-hydroxylation sites is 1. The van der Waals surface area contributed by atoms with Crippen molar-refractivity contribution in [3.05, 3.63) is 29.8 Å². The summed E-state index contributed by atoms with van der Waals surface area (Å²) in [5.74, 6) is 0. The number of nitrogens with zero attached hydrogens (tertiary/aromatic N) is 1. The van der Waals surface area contributed by atoms with E-state index in [4.69, 9.17) is 0 Å². The van der Waals surface area contributed by atoms with Crippen molar-refractivity contribution in [1.29, 1.82) is 0 Å². The average molecular weight is 275 g/mol. The molecule has 17 heavy (non-hydrogen) atoms. The standard InChI is InChI=1S/C11H14N2O2S.ClH/c14-16(15,10-7-12-8-10)13-6-5-9-3-1-2-4-11(9)13;/h1-4,10,12H,5-8H2;1H. The molecule has 1 aromatic rings. The largest absolute Gasteiger partial charge is 0.314 e. The predicted molar refractivity (Wildman–Crippen MR) is 70.3 cm³/mol. The molecular formula is C11H15ClN2O2S. The number of hydrogen-bond donors (Lipinski definition) is 1. The topological polar surface area (TPSA) is 49.4 Å². The van der Waals surface area contributed by atoms with E-state index < -0.39 is 10.0 Å². The van der Waals surface area contributed by atoms with Crippen LogP contribution < -0.4 is 9.62 Å². The first-order chi connectivity index (χ1) is 7.69. The van der Waals surface area contributed by atoms with Crippen molar-refractivity contribution in [2.45, 2.75) is 11.7 Å². The van der Waals surface area contributed by atoms with Crippen LogP contribution in [0.4, 0.5) is 5.69 Å². The smallest absolute Gasteiger partial charge is 0.240 e. The molecule has 0 amide bonds. The third kappa shape index (κ3) is 1.92. The van der Waals surface area contributed by atoms with Crippen molar-refractivity contribution >= 4 is 28.1 Å². The minimum absolute atomic E-state index is 0. The molecule has 1 N–H and O–H groups in total. The predicted octanol–water partition coefficient (Wildman–Crippen LogP) is 0.772. The van der Waals surface area contributed by atoms with Crippen LogP contribution in [0.25, 0.3) is 0 Å². The van der Waals surface area contributed by atoms with E-state index in [1.54, 1.807) is 4.31 Å². The van der Waals surface area contributed by atoms with E-state index >= 15 is 0 Å². The summed E-state index contributed by atoms with van der Waals surface area (Å²) in [5.41, 5.74) is 2.01. The van der Waals surface area contributed by atoms with Gasteiger partial charge in [0.1, 0.15) is 5.25 Å². The number of halogens is 1. The average Bonchev–Trinajstić information content (AvgIpc) is 2.57. The van der Waals surface area contributed by atoms with Gasteiger partial charge in [-0.1, -0.05) is 18.2 Å². The normalized spacial score (nSPS) is 19.4. The van der Waals surface area contributed by atoms with Gasteiger partial charge in [0.15, 0.2) is 0 Å². The van der Waals surface area contributed by atoms with Crippen LogP contribution in [0.2, 0.25) is 0 Å². The second-order valence-electron chi connectivity index (χ2n) is 4.28. The Bertz CT molecular complexity index is 514. The van der Waals surface area contributed by atoms with Gasteiger partial charge in [0.05, 0.1) is 5.69 Å². The summed E-state index contributed by atoms with van der Waals surface area (Å²) in [6, 6.07) is 7.75. The second-order valence-corrected chi connectivity index (χ2v) is 6.41. The Morgan fingerprint density at radius 3 is 2.59 bits per heavy atom. The number of sulfonamides is 1. The lowest BCUT2D eigenvalue weighted by molar-refractivity contribution is 0.493. The lowest BCUT2D eigenvalue weighted by atomic mass is 10.2. The number of benzene rings is 1. The maximum atomic E-state index is 12.3. The summed E-state index contributed by atoms with van der Waals surface area (Å²) >= 11 is 0. The van der Waals surface area contributed by atoms with Crippen molar-refractivity contribution in [3.63, 3.8) is 0 Å². The lowest BCUT2D eigenvalue weighted by Crippen LogP contribution is -2.55. The van der Waals surface area contributed by atoms with E-state index in [-0.39, 0.29) is 17.7 Å². The lowest BCUT2D eigenvalue weighted by Gasteiger charge is -2.32. The molecule has 0 radical (unpaired) electrons. The maximum Gasteiger partial charge on any atom is 0.240 e. The van der Waals surface area contributed by atoms with Crippen LogP contribution >= 0.6 is 12.4 Å². The third-order valence-electron chi connectivity index (χ3n) is 3.32. The highest BCUT2D eigenvalue weighted by molar-refractivity contribution is 7.93. The van der Waals surface area contributed by atoms with E-state index in [1.165, 1.54) is 0 Å². The fourth-order valence-electron chi connectivity index (χ4n) is 2.23. The quantitative estimate of drug-likeness (QED) is 0.867. The van der Waals surface area contributed by atoms with Gasteiger partial charge >= 0.3 is 0 Å². The summed E-state index contributed by atoms with van der Waals surface area (Å²) in [6.07, 6.45) is 0.829. The van der Waals surface area contributed by atoms with Crippen LogP contribution in [-0.2, 0) is 16.4 Å². The highest BCUT2D eigenvalue weighted by Gasteiger charge is 2.38. The minimum Gasteiger partial charge on any atom is -0.314 e. The molecule has 0 atom stereocenters. The highest BCUT2D eigenvalue weighted by atomic mass is 35.5. The fourth-order valence-corrected chi connectivity index (χ4v) is 4.04. The summed E-state index contributed by atoms with van der Waals surface area (Å²) in [5, 5.41) is 2.77. The summed E-state index contributed by atoms with van der Waals surface area (Å²) in [4.78, 5) is 0. The Morgan fingerprint density at radius 1 is 1.24 bits per heavy atom. The van der Waals surface area contributed by atoms with E-state index in [1.807, 2.05) is 24.3 Å². The number of fused-ring (bicyclic) bond motifs is 1. The van der Waals surface area contributed by atoms with Crippen LogP contribution in [-0.4, -0.2) is 33.3 Å². The highest BCUT2D eigenvalue weighted by Crippen LogP contribution is 2.31.